The lowest BCUT2D eigenvalue weighted by Crippen LogP contribution is -2.13. The first-order valence-corrected chi connectivity index (χ1v) is 5.51. The minimum Gasteiger partial charge on any atom is -0.481 e. The number of hydrogen-bond donors (Lipinski definition) is 1. The minimum absolute atomic E-state index is 0.280. The van der Waals surface area contributed by atoms with E-state index in [9.17, 15) is 4.79 Å². The lowest BCUT2D eigenvalue weighted by atomic mass is 9.95. The van der Waals surface area contributed by atoms with Crippen LogP contribution >= 0.6 is 0 Å². The number of hydrogen-bond acceptors (Lipinski definition) is 1. The Bertz CT molecular complexity index is 382. The van der Waals surface area contributed by atoms with Crippen LogP contribution in [0.5, 0.6) is 0 Å². The zero-order valence-corrected chi connectivity index (χ0v) is 8.99. The van der Waals surface area contributed by atoms with Crippen molar-refractivity contribution in [2.45, 2.75) is 32.6 Å². The first-order chi connectivity index (χ1) is 7.18. The summed E-state index contributed by atoms with van der Waals surface area (Å²) in [6.07, 6.45) is 4.16. The Morgan fingerprint density at radius 1 is 1.47 bits per heavy atom. The van der Waals surface area contributed by atoms with Crippen molar-refractivity contribution < 1.29 is 9.90 Å². The smallest absolute Gasteiger partial charge is 0.306 e. The molecule has 1 atom stereocenters. The van der Waals surface area contributed by atoms with Gasteiger partial charge in [-0.1, -0.05) is 25.1 Å². The quantitative estimate of drug-likeness (QED) is 0.821. The summed E-state index contributed by atoms with van der Waals surface area (Å²) < 4.78 is 0. The molecular weight excluding hydrogens is 188 g/mol. The predicted molar refractivity (Wildman–Crippen MR) is 59.0 cm³/mol. The van der Waals surface area contributed by atoms with Crippen LogP contribution < -0.4 is 0 Å². The lowest BCUT2D eigenvalue weighted by molar-refractivity contribution is -0.141. The van der Waals surface area contributed by atoms with Gasteiger partial charge in [-0.2, -0.15) is 0 Å². The topological polar surface area (TPSA) is 37.3 Å². The molecule has 0 aromatic heterocycles. The van der Waals surface area contributed by atoms with Crippen molar-refractivity contribution in [2.75, 3.05) is 0 Å². The van der Waals surface area contributed by atoms with Gasteiger partial charge < -0.3 is 5.11 Å². The summed E-state index contributed by atoms with van der Waals surface area (Å²) in [5.74, 6) is -0.984. The van der Waals surface area contributed by atoms with Gasteiger partial charge in [0.15, 0.2) is 0 Å². The Hall–Kier alpha value is -1.31. The average Bonchev–Trinajstić information content (AvgIpc) is 2.66. The molecule has 0 saturated heterocycles. The van der Waals surface area contributed by atoms with Crippen molar-refractivity contribution in [3.8, 4) is 0 Å². The Balaban J connectivity index is 2.22. The van der Waals surface area contributed by atoms with E-state index in [1.165, 1.54) is 23.1 Å². The fourth-order valence-electron chi connectivity index (χ4n) is 2.31. The van der Waals surface area contributed by atoms with E-state index >= 15 is 0 Å². The molecular formula is C13H16O2. The van der Waals surface area contributed by atoms with Gasteiger partial charge in [-0.15, -0.1) is 0 Å². The van der Waals surface area contributed by atoms with Gasteiger partial charge in [0, 0.05) is 0 Å². The molecule has 0 spiro atoms. The molecule has 0 fully saturated rings. The standard InChI is InChI=1S/C13H16O2/c1-9(13(14)15)8-11-6-2-4-10-5-3-7-12(10)11/h2,4,6,9H,3,5,7-8H2,1H3,(H,14,15). The zero-order chi connectivity index (χ0) is 10.8. The maximum atomic E-state index is 10.8. The largest absolute Gasteiger partial charge is 0.481 e. The first-order valence-electron chi connectivity index (χ1n) is 5.51. The van der Waals surface area contributed by atoms with Gasteiger partial charge in [-0.25, -0.2) is 0 Å². The highest BCUT2D eigenvalue weighted by Crippen LogP contribution is 2.26. The number of fused-ring (bicyclic) bond motifs is 1. The third kappa shape index (κ3) is 2.04. The molecule has 2 rings (SSSR count). The Morgan fingerprint density at radius 2 is 2.27 bits per heavy atom. The Morgan fingerprint density at radius 3 is 3.00 bits per heavy atom. The summed E-state index contributed by atoms with van der Waals surface area (Å²) in [7, 11) is 0. The average molecular weight is 204 g/mol. The molecule has 15 heavy (non-hydrogen) atoms. The van der Waals surface area contributed by atoms with E-state index in [0.717, 1.165) is 12.8 Å². The normalized spacial score (nSPS) is 16.1. The molecule has 1 aromatic rings. The third-order valence-electron chi connectivity index (χ3n) is 3.19. The van der Waals surface area contributed by atoms with Crippen LogP contribution in [0.1, 0.15) is 30.0 Å². The minimum atomic E-state index is -0.703. The van der Waals surface area contributed by atoms with Gasteiger partial charge >= 0.3 is 5.97 Å². The maximum Gasteiger partial charge on any atom is 0.306 e. The lowest BCUT2D eigenvalue weighted by Gasteiger charge is -2.10. The molecule has 0 saturated carbocycles. The summed E-state index contributed by atoms with van der Waals surface area (Å²) in [5, 5.41) is 8.89. The molecule has 0 heterocycles. The van der Waals surface area contributed by atoms with Crippen molar-refractivity contribution in [1.29, 1.82) is 0 Å². The van der Waals surface area contributed by atoms with E-state index in [2.05, 4.69) is 12.1 Å². The van der Waals surface area contributed by atoms with Crippen LogP contribution in [0.25, 0.3) is 0 Å². The van der Waals surface area contributed by atoms with Gasteiger partial charge in [0.05, 0.1) is 5.92 Å². The van der Waals surface area contributed by atoms with Crippen LogP contribution in [-0.2, 0) is 24.1 Å². The second kappa shape index (κ2) is 4.05. The summed E-state index contributed by atoms with van der Waals surface area (Å²) >= 11 is 0. The molecule has 1 unspecified atom stereocenters. The van der Waals surface area contributed by atoms with Crippen LogP contribution in [-0.4, -0.2) is 11.1 Å². The second-order valence-corrected chi connectivity index (χ2v) is 4.35. The van der Waals surface area contributed by atoms with Crippen LogP contribution in [0.3, 0.4) is 0 Å². The maximum absolute atomic E-state index is 10.8. The number of benzene rings is 1. The Kier molecular flexibility index (Phi) is 2.76. The predicted octanol–water partition coefficient (Wildman–Crippen LogP) is 2.44. The van der Waals surface area contributed by atoms with Gasteiger partial charge in [-0.3, -0.25) is 4.79 Å². The molecule has 80 valence electrons. The van der Waals surface area contributed by atoms with Crippen molar-refractivity contribution in [3.05, 3.63) is 34.9 Å². The monoisotopic (exact) mass is 204 g/mol. The second-order valence-electron chi connectivity index (χ2n) is 4.35. The number of aliphatic carboxylic acids is 1. The number of carboxylic acids is 1. The molecule has 0 amide bonds. The van der Waals surface area contributed by atoms with E-state index in [0.29, 0.717) is 6.42 Å². The molecule has 1 aromatic carbocycles. The van der Waals surface area contributed by atoms with E-state index < -0.39 is 5.97 Å². The van der Waals surface area contributed by atoms with Crippen LogP contribution in [0.2, 0.25) is 0 Å². The molecule has 1 aliphatic carbocycles. The summed E-state index contributed by atoms with van der Waals surface area (Å²) in [5.41, 5.74) is 4.07. The Labute approximate surface area is 89.9 Å². The number of aryl methyl sites for hydroxylation is 1. The molecule has 0 aliphatic heterocycles. The summed E-state index contributed by atoms with van der Waals surface area (Å²) in [6, 6.07) is 6.29. The van der Waals surface area contributed by atoms with Crippen LogP contribution in [0.4, 0.5) is 0 Å². The molecule has 2 nitrogen and oxygen atoms in total. The van der Waals surface area contributed by atoms with E-state index in [4.69, 9.17) is 5.11 Å². The van der Waals surface area contributed by atoms with Crippen molar-refractivity contribution in [1.82, 2.24) is 0 Å². The number of carbonyl (C=O) groups is 1. The zero-order valence-electron chi connectivity index (χ0n) is 8.99. The van der Waals surface area contributed by atoms with Crippen molar-refractivity contribution in [2.24, 2.45) is 5.92 Å². The van der Waals surface area contributed by atoms with Gasteiger partial charge in [0.1, 0.15) is 0 Å². The van der Waals surface area contributed by atoms with E-state index in [-0.39, 0.29) is 5.92 Å². The van der Waals surface area contributed by atoms with E-state index in [1.807, 2.05) is 6.07 Å². The highest BCUT2D eigenvalue weighted by atomic mass is 16.4. The molecule has 0 radical (unpaired) electrons. The molecule has 1 N–H and O–H groups in total. The first kappa shape index (κ1) is 10.2. The highest BCUT2D eigenvalue weighted by Gasteiger charge is 2.18. The SMILES string of the molecule is CC(Cc1cccc2c1CCC2)C(=O)O. The van der Waals surface area contributed by atoms with Crippen molar-refractivity contribution in [3.63, 3.8) is 0 Å². The third-order valence-corrected chi connectivity index (χ3v) is 3.19. The fraction of sp³-hybridized carbons (Fsp3) is 0.462. The fourth-order valence-corrected chi connectivity index (χ4v) is 2.31. The van der Waals surface area contributed by atoms with Crippen LogP contribution in [0.15, 0.2) is 18.2 Å². The molecule has 1 aliphatic rings. The number of carboxylic acid groups (broad SMARTS) is 1. The van der Waals surface area contributed by atoms with Gasteiger partial charge in [-0.05, 0) is 42.4 Å². The van der Waals surface area contributed by atoms with Crippen molar-refractivity contribution >= 4 is 5.97 Å². The van der Waals surface area contributed by atoms with Crippen LogP contribution in [0, 0.1) is 5.92 Å². The highest BCUT2D eigenvalue weighted by molar-refractivity contribution is 5.70. The summed E-state index contributed by atoms with van der Waals surface area (Å²) in [4.78, 5) is 10.8. The number of rotatable bonds is 3. The van der Waals surface area contributed by atoms with Gasteiger partial charge in [0.25, 0.3) is 0 Å². The summed E-state index contributed by atoms with van der Waals surface area (Å²) in [6.45, 7) is 1.77. The van der Waals surface area contributed by atoms with Gasteiger partial charge in [0.2, 0.25) is 0 Å². The van der Waals surface area contributed by atoms with E-state index in [1.54, 1.807) is 6.92 Å². The molecule has 2 heteroatoms. The molecule has 0 bridgehead atoms.